The number of carbonyl (C=O) groups is 1. The number of hydrogen-bond donors (Lipinski definition) is 2. The predicted octanol–water partition coefficient (Wildman–Crippen LogP) is 6.18. The Kier molecular flexibility index (Phi) is 8.94. The number of hydrazone groups is 1. The first-order valence-electron chi connectivity index (χ1n) is 12.4. The molecule has 0 radical (unpaired) electrons. The molecular formula is C28H37ClFN3O2. The molecule has 2 atom stereocenters. The van der Waals surface area contributed by atoms with E-state index in [0.717, 1.165) is 49.1 Å². The number of unbranched alkanes of at least 4 members (excludes halogenated alkanes) is 1. The molecule has 0 aliphatic carbocycles. The van der Waals surface area contributed by atoms with Gasteiger partial charge in [-0.1, -0.05) is 63.4 Å². The van der Waals surface area contributed by atoms with E-state index in [0.29, 0.717) is 11.6 Å². The number of amides is 1. The molecule has 1 aliphatic heterocycles. The van der Waals surface area contributed by atoms with Crippen molar-refractivity contribution < 1.29 is 14.3 Å². The SMILES string of the molecule is CCCCC1C(c2ccc(F)cc2)=NN(c2cccc(Cl)c2)C1(C)C(=O)NCCCC(C)(C)CO. The summed E-state index contributed by atoms with van der Waals surface area (Å²) >= 11 is 6.31. The molecule has 0 saturated carbocycles. The van der Waals surface area contributed by atoms with E-state index in [1.165, 1.54) is 12.1 Å². The molecule has 1 aliphatic rings. The number of hydrogen-bond acceptors (Lipinski definition) is 4. The fourth-order valence-electron chi connectivity index (χ4n) is 4.62. The summed E-state index contributed by atoms with van der Waals surface area (Å²) in [6.45, 7) is 8.69. The Morgan fingerprint density at radius 2 is 1.94 bits per heavy atom. The van der Waals surface area contributed by atoms with Crippen molar-refractivity contribution in [3.63, 3.8) is 0 Å². The normalized spacial score (nSPS) is 20.1. The third-order valence-corrected chi connectivity index (χ3v) is 7.13. The number of carbonyl (C=O) groups excluding carboxylic acids is 1. The highest BCUT2D eigenvalue weighted by Gasteiger charge is 2.53. The van der Waals surface area contributed by atoms with Gasteiger partial charge in [0, 0.05) is 24.1 Å². The molecule has 1 heterocycles. The van der Waals surface area contributed by atoms with Crippen molar-refractivity contribution in [3.05, 3.63) is 64.9 Å². The monoisotopic (exact) mass is 501 g/mol. The van der Waals surface area contributed by atoms with Gasteiger partial charge in [0.05, 0.1) is 11.4 Å². The van der Waals surface area contributed by atoms with E-state index >= 15 is 0 Å². The fraction of sp³-hybridized carbons (Fsp3) is 0.500. The number of nitrogens with one attached hydrogen (secondary N) is 1. The van der Waals surface area contributed by atoms with E-state index in [9.17, 15) is 14.3 Å². The van der Waals surface area contributed by atoms with Crippen LogP contribution in [0, 0.1) is 17.2 Å². The highest BCUT2D eigenvalue weighted by atomic mass is 35.5. The Balaban J connectivity index is 1.98. The first-order valence-corrected chi connectivity index (χ1v) is 12.8. The molecule has 35 heavy (non-hydrogen) atoms. The molecule has 5 nitrogen and oxygen atoms in total. The molecule has 0 saturated heterocycles. The molecule has 0 aromatic heterocycles. The van der Waals surface area contributed by atoms with E-state index in [2.05, 4.69) is 12.2 Å². The molecule has 2 aromatic rings. The van der Waals surface area contributed by atoms with Crippen LogP contribution in [0.25, 0.3) is 0 Å². The van der Waals surface area contributed by atoms with Crippen LogP contribution in [-0.4, -0.2) is 35.4 Å². The fourth-order valence-corrected chi connectivity index (χ4v) is 4.80. The smallest absolute Gasteiger partial charge is 0.248 e. The number of aliphatic hydroxyl groups is 1. The molecule has 1 amide bonds. The van der Waals surface area contributed by atoms with Crippen LogP contribution in [0.15, 0.2) is 53.6 Å². The average molecular weight is 502 g/mol. The lowest BCUT2D eigenvalue weighted by Gasteiger charge is -2.38. The maximum atomic E-state index is 13.9. The summed E-state index contributed by atoms with van der Waals surface area (Å²) in [7, 11) is 0. The van der Waals surface area contributed by atoms with Crippen molar-refractivity contribution in [2.45, 2.75) is 65.3 Å². The number of rotatable bonds is 11. The zero-order chi connectivity index (χ0) is 25.6. The molecule has 0 bridgehead atoms. The summed E-state index contributed by atoms with van der Waals surface area (Å²) in [4.78, 5) is 13.9. The van der Waals surface area contributed by atoms with Crippen molar-refractivity contribution in [2.75, 3.05) is 18.2 Å². The molecule has 0 fully saturated rings. The first kappa shape index (κ1) is 27.2. The van der Waals surface area contributed by atoms with Crippen LogP contribution < -0.4 is 10.3 Å². The number of halogens is 2. The molecule has 190 valence electrons. The highest BCUT2D eigenvalue weighted by molar-refractivity contribution is 6.30. The zero-order valence-corrected chi connectivity index (χ0v) is 21.9. The van der Waals surface area contributed by atoms with Crippen molar-refractivity contribution >= 4 is 28.9 Å². The Morgan fingerprint density at radius 3 is 2.57 bits per heavy atom. The molecule has 2 aromatic carbocycles. The second-order valence-corrected chi connectivity index (χ2v) is 10.7. The quantitative estimate of drug-likeness (QED) is 0.361. The van der Waals surface area contributed by atoms with Gasteiger partial charge in [-0.05, 0) is 67.5 Å². The van der Waals surface area contributed by atoms with Gasteiger partial charge in [-0.25, -0.2) is 9.40 Å². The number of aliphatic hydroxyl groups excluding tert-OH is 1. The van der Waals surface area contributed by atoms with E-state index in [4.69, 9.17) is 16.7 Å². The Hall–Kier alpha value is -2.44. The van der Waals surface area contributed by atoms with Crippen molar-refractivity contribution in [3.8, 4) is 0 Å². The summed E-state index contributed by atoms with van der Waals surface area (Å²) < 4.78 is 13.7. The number of anilines is 1. The van der Waals surface area contributed by atoms with Crippen molar-refractivity contribution in [2.24, 2.45) is 16.4 Å². The molecular weight excluding hydrogens is 465 g/mol. The minimum absolute atomic E-state index is 0.106. The largest absolute Gasteiger partial charge is 0.396 e. The Labute approximate surface area is 213 Å². The lowest BCUT2D eigenvalue weighted by Crippen LogP contribution is -2.58. The minimum atomic E-state index is -0.990. The van der Waals surface area contributed by atoms with Gasteiger partial charge in [-0.3, -0.25) is 4.79 Å². The van der Waals surface area contributed by atoms with Crippen LogP contribution >= 0.6 is 11.6 Å². The third kappa shape index (κ3) is 6.22. The van der Waals surface area contributed by atoms with Gasteiger partial charge in [0.1, 0.15) is 11.4 Å². The van der Waals surface area contributed by atoms with Crippen molar-refractivity contribution in [1.29, 1.82) is 0 Å². The summed E-state index contributed by atoms with van der Waals surface area (Å²) in [5.74, 6) is -0.613. The highest BCUT2D eigenvalue weighted by Crippen LogP contribution is 2.42. The molecule has 2 unspecified atom stereocenters. The second kappa shape index (κ2) is 11.5. The second-order valence-electron chi connectivity index (χ2n) is 10.3. The molecule has 3 rings (SSSR count). The van der Waals surface area contributed by atoms with Crippen LogP contribution in [0.2, 0.25) is 5.02 Å². The molecule has 0 spiro atoms. The van der Waals surface area contributed by atoms with Gasteiger partial charge in [0.15, 0.2) is 0 Å². The van der Waals surface area contributed by atoms with Crippen LogP contribution in [0.4, 0.5) is 10.1 Å². The van der Waals surface area contributed by atoms with Gasteiger partial charge < -0.3 is 10.4 Å². The molecule has 7 heteroatoms. The molecule has 2 N–H and O–H groups in total. The summed E-state index contributed by atoms with van der Waals surface area (Å²) in [5, 5.41) is 20.0. The van der Waals surface area contributed by atoms with Gasteiger partial charge in [0.2, 0.25) is 5.91 Å². The van der Waals surface area contributed by atoms with Crippen LogP contribution in [0.1, 0.15) is 65.4 Å². The lowest BCUT2D eigenvalue weighted by molar-refractivity contribution is -0.126. The number of nitrogens with zero attached hydrogens (tertiary/aromatic N) is 2. The topological polar surface area (TPSA) is 64.9 Å². The summed E-state index contributed by atoms with van der Waals surface area (Å²) in [6, 6.07) is 13.7. The van der Waals surface area contributed by atoms with Crippen molar-refractivity contribution in [1.82, 2.24) is 5.32 Å². The number of benzene rings is 2. The average Bonchev–Trinajstić information content (AvgIpc) is 3.14. The zero-order valence-electron chi connectivity index (χ0n) is 21.2. The maximum absolute atomic E-state index is 13.9. The Morgan fingerprint density at radius 1 is 1.23 bits per heavy atom. The van der Waals surface area contributed by atoms with E-state index in [1.54, 1.807) is 23.2 Å². The first-order chi connectivity index (χ1) is 16.6. The van der Waals surface area contributed by atoms with Gasteiger partial charge in [-0.2, -0.15) is 5.10 Å². The van der Waals surface area contributed by atoms with E-state index in [-0.39, 0.29) is 29.7 Å². The lowest BCUT2D eigenvalue weighted by atomic mass is 9.77. The minimum Gasteiger partial charge on any atom is -0.396 e. The third-order valence-electron chi connectivity index (χ3n) is 6.90. The van der Waals surface area contributed by atoms with Gasteiger partial charge in [-0.15, -0.1) is 0 Å². The van der Waals surface area contributed by atoms with Crippen LogP contribution in [-0.2, 0) is 4.79 Å². The maximum Gasteiger partial charge on any atom is 0.248 e. The summed E-state index contributed by atoms with van der Waals surface area (Å²) in [6.07, 6.45) is 4.25. The standard InChI is InChI=1S/C28H37ClFN3O2/c1-5-6-11-24-25(20-12-14-22(30)15-13-20)32-33(23-10-7-9-21(29)18-23)28(24,4)26(35)31-17-8-16-27(2,3)19-34/h7,9-10,12-15,18,24,34H,5-6,8,11,16-17,19H2,1-4H3,(H,31,35). The van der Waals surface area contributed by atoms with E-state index < -0.39 is 5.54 Å². The Bertz CT molecular complexity index is 1040. The van der Waals surface area contributed by atoms with E-state index in [1.807, 2.05) is 39.0 Å². The summed E-state index contributed by atoms with van der Waals surface area (Å²) in [5.41, 5.74) is 1.14. The van der Waals surface area contributed by atoms with Crippen LogP contribution in [0.5, 0.6) is 0 Å². The predicted molar refractivity (Wildman–Crippen MR) is 141 cm³/mol. The van der Waals surface area contributed by atoms with Gasteiger partial charge in [0.25, 0.3) is 0 Å². The van der Waals surface area contributed by atoms with Gasteiger partial charge >= 0.3 is 0 Å². The van der Waals surface area contributed by atoms with Crippen LogP contribution in [0.3, 0.4) is 0 Å².